The molecule has 0 aromatic heterocycles. The predicted octanol–water partition coefficient (Wildman–Crippen LogP) is 10.2. The summed E-state index contributed by atoms with van der Waals surface area (Å²) < 4.78 is 0. The third-order valence-corrected chi connectivity index (χ3v) is 6.29. The van der Waals surface area contributed by atoms with Crippen LogP contribution in [0.4, 0.5) is 0 Å². The number of hydrogen-bond acceptors (Lipinski definition) is 0. The van der Waals surface area contributed by atoms with E-state index in [1.807, 2.05) is 0 Å². The molecule has 0 atom stereocenters. The molecule has 0 heteroatoms. The van der Waals surface area contributed by atoms with E-state index >= 15 is 0 Å². The Morgan fingerprint density at radius 3 is 1.70 bits per heavy atom. The van der Waals surface area contributed by atoms with Crippen molar-refractivity contribution in [1.82, 2.24) is 0 Å². The second-order valence-electron chi connectivity index (χ2n) is 9.08. The second-order valence-corrected chi connectivity index (χ2v) is 9.08. The Kier molecular flexibility index (Phi) is 14.1. The van der Waals surface area contributed by atoms with Crippen molar-refractivity contribution in [3.8, 4) is 0 Å². The van der Waals surface area contributed by atoms with Crippen LogP contribution < -0.4 is 0 Å². The summed E-state index contributed by atoms with van der Waals surface area (Å²) in [5.74, 6) is 0. The van der Waals surface area contributed by atoms with Gasteiger partial charge in [0, 0.05) is 0 Å². The Balaban J connectivity index is 1.33. The average Bonchev–Trinajstić information content (AvgIpc) is 2.78. The van der Waals surface area contributed by atoms with Gasteiger partial charge in [-0.05, 0) is 54.9 Å². The van der Waals surface area contributed by atoms with Crippen LogP contribution in [0.5, 0.6) is 0 Å². The summed E-state index contributed by atoms with van der Waals surface area (Å²) in [6.45, 7) is 2.28. The molecule has 2 aromatic carbocycles. The zero-order valence-electron chi connectivity index (χ0n) is 19.7. The molecule has 0 fully saturated rings. The van der Waals surface area contributed by atoms with Crippen molar-refractivity contribution in [2.24, 2.45) is 0 Å². The minimum atomic E-state index is 1.23. The van der Waals surface area contributed by atoms with Gasteiger partial charge < -0.3 is 0 Å². The number of unbranched alkanes of at least 4 members (excludes halogenated alkanes) is 14. The molecule has 0 aliphatic rings. The molecule has 2 rings (SSSR count). The SMILES string of the molecule is CCCCC/C=C/CCCCCCCCCCCCCc1ccc2ccccc2c1. The quantitative estimate of drug-likeness (QED) is 0.170. The fourth-order valence-corrected chi connectivity index (χ4v) is 4.32. The van der Waals surface area contributed by atoms with Gasteiger partial charge in [-0.25, -0.2) is 0 Å². The van der Waals surface area contributed by atoms with E-state index in [0.29, 0.717) is 0 Å². The Bertz CT molecular complexity index is 681. The third-order valence-electron chi connectivity index (χ3n) is 6.29. The van der Waals surface area contributed by atoms with Crippen LogP contribution in [0.3, 0.4) is 0 Å². The molecule has 0 N–H and O–H groups in total. The highest BCUT2D eigenvalue weighted by molar-refractivity contribution is 5.82. The molecule has 0 bridgehead atoms. The van der Waals surface area contributed by atoms with Crippen molar-refractivity contribution < 1.29 is 0 Å². The maximum Gasteiger partial charge on any atom is -0.0181 e. The van der Waals surface area contributed by atoms with Crippen LogP contribution in [-0.4, -0.2) is 0 Å². The number of hydrogen-bond donors (Lipinski definition) is 0. The van der Waals surface area contributed by atoms with E-state index in [1.165, 1.54) is 125 Å². The lowest BCUT2D eigenvalue weighted by molar-refractivity contribution is 0.546. The van der Waals surface area contributed by atoms with Crippen LogP contribution in [0.1, 0.15) is 115 Å². The van der Waals surface area contributed by atoms with Gasteiger partial charge in [0.15, 0.2) is 0 Å². The molecule has 0 radical (unpaired) electrons. The van der Waals surface area contributed by atoms with Gasteiger partial charge in [-0.15, -0.1) is 0 Å². The van der Waals surface area contributed by atoms with E-state index in [0.717, 1.165) is 0 Å². The highest BCUT2D eigenvalue weighted by Gasteiger charge is 1.98. The molecule has 0 unspecified atom stereocenters. The zero-order chi connectivity index (χ0) is 21.1. The molecule has 166 valence electrons. The molecule has 0 spiro atoms. The molecule has 0 heterocycles. The molecule has 0 saturated heterocycles. The number of aryl methyl sites for hydroxylation is 1. The molecule has 0 amide bonds. The van der Waals surface area contributed by atoms with Gasteiger partial charge in [-0.1, -0.05) is 132 Å². The van der Waals surface area contributed by atoms with E-state index in [1.54, 1.807) is 0 Å². The van der Waals surface area contributed by atoms with Gasteiger partial charge in [0.2, 0.25) is 0 Å². The van der Waals surface area contributed by atoms with Gasteiger partial charge in [0.25, 0.3) is 0 Å². The van der Waals surface area contributed by atoms with Crippen LogP contribution in [0.25, 0.3) is 10.8 Å². The normalized spacial score (nSPS) is 11.6. The largest absolute Gasteiger partial charge is 0.0885 e. The minimum absolute atomic E-state index is 1.23. The fourth-order valence-electron chi connectivity index (χ4n) is 4.32. The average molecular weight is 407 g/mol. The van der Waals surface area contributed by atoms with E-state index < -0.39 is 0 Å². The Labute approximate surface area is 187 Å². The lowest BCUT2D eigenvalue weighted by Gasteiger charge is -2.05. The summed E-state index contributed by atoms with van der Waals surface area (Å²) >= 11 is 0. The highest BCUT2D eigenvalue weighted by atomic mass is 14.0. The van der Waals surface area contributed by atoms with Crippen molar-refractivity contribution in [1.29, 1.82) is 0 Å². The first-order valence-electron chi connectivity index (χ1n) is 13.0. The summed E-state index contributed by atoms with van der Waals surface area (Å²) in [6, 6.07) is 15.6. The Morgan fingerprint density at radius 2 is 1.07 bits per heavy atom. The predicted molar refractivity (Wildman–Crippen MR) is 136 cm³/mol. The number of fused-ring (bicyclic) bond motifs is 1. The zero-order valence-corrected chi connectivity index (χ0v) is 19.7. The summed E-state index contributed by atoms with van der Waals surface area (Å²) in [4.78, 5) is 0. The molecule has 0 aliphatic heterocycles. The lowest BCUT2D eigenvalue weighted by Crippen LogP contribution is -1.87. The summed E-state index contributed by atoms with van der Waals surface area (Å²) in [5, 5.41) is 2.74. The monoisotopic (exact) mass is 406 g/mol. The van der Waals surface area contributed by atoms with Crippen LogP contribution in [-0.2, 0) is 6.42 Å². The fraction of sp³-hybridized carbons (Fsp3) is 0.600. The van der Waals surface area contributed by atoms with Gasteiger partial charge in [0.05, 0.1) is 0 Å². The minimum Gasteiger partial charge on any atom is -0.0885 e. The molecular formula is C30H46. The van der Waals surface area contributed by atoms with Crippen molar-refractivity contribution in [2.45, 2.75) is 116 Å². The molecular weight excluding hydrogens is 360 g/mol. The van der Waals surface area contributed by atoms with E-state index in [-0.39, 0.29) is 0 Å². The summed E-state index contributed by atoms with van der Waals surface area (Å²) in [6.07, 6.45) is 28.3. The molecule has 2 aromatic rings. The second kappa shape index (κ2) is 17.2. The van der Waals surface area contributed by atoms with Crippen molar-refractivity contribution >= 4 is 10.8 Å². The van der Waals surface area contributed by atoms with Gasteiger partial charge >= 0.3 is 0 Å². The van der Waals surface area contributed by atoms with Crippen molar-refractivity contribution in [2.75, 3.05) is 0 Å². The van der Waals surface area contributed by atoms with E-state index in [4.69, 9.17) is 0 Å². The summed E-state index contributed by atoms with van der Waals surface area (Å²) in [5.41, 5.74) is 1.50. The number of allylic oxidation sites excluding steroid dienone is 2. The summed E-state index contributed by atoms with van der Waals surface area (Å²) in [7, 11) is 0. The van der Waals surface area contributed by atoms with Crippen molar-refractivity contribution in [3.05, 3.63) is 60.2 Å². The lowest BCUT2D eigenvalue weighted by atomic mass is 10.0. The highest BCUT2D eigenvalue weighted by Crippen LogP contribution is 2.18. The van der Waals surface area contributed by atoms with E-state index in [9.17, 15) is 0 Å². The Hall–Kier alpha value is -1.56. The van der Waals surface area contributed by atoms with Crippen molar-refractivity contribution in [3.63, 3.8) is 0 Å². The molecule has 0 aliphatic carbocycles. The molecule has 30 heavy (non-hydrogen) atoms. The van der Waals surface area contributed by atoms with Gasteiger partial charge in [-0.3, -0.25) is 0 Å². The van der Waals surface area contributed by atoms with E-state index in [2.05, 4.69) is 61.5 Å². The topological polar surface area (TPSA) is 0 Å². The smallest absolute Gasteiger partial charge is 0.0181 e. The van der Waals surface area contributed by atoms with Crippen LogP contribution in [0.2, 0.25) is 0 Å². The first-order chi connectivity index (χ1) is 14.9. The van der Waals surface area contributed by atoms with Crippen LogP contribution in [0.15, 0.2) is 54.6 Å². The van der Waals surface area contributed by atoms with Gasteiger partial charge in [0.1, 0.15) is 0 Å². The first-order valence-corrected chi connectivity index (χ1v) is 13.0. The van der Waals surface area contributed by atoms with Gasteiger partial charge in [-0.2, -0.15) is 0 Å². The first kappa shape index (κ1) is 24.7. The molecule has 0 nitrogen and oxygen atoms in total. The maximum absolute atomic E-state index is 2.41. The van der Waals surface area contributed by atoms with Crippen LogP contribution in [0, 0.1) is 0 Å². The number of benzene rings is 2. The maximum atomic E-state index is 2.41. The van der Waals surface area contributed by atoms with Crippen LogP contribution >= 0.6 is 0 Å². The Morgan fingerprint density at radius 1 is 0.533 bits per heavy atom. The standard InChI is InChI=1S/C30H46/c1-2-3-4-5-6-7-8-9-10-11-12-13-14-15-16-17-18-19-22-28-25-26-29-23-20-21-24-30(29)27-28/h6-7,20-21,23-27H,2-5,8-19,22H2,1H3/b7-6+. The molecule has 0 saturated carbocycles. The third kappa shape index (κ3) is 11.6. The number of rotatable bonds is 18.